The lowest BCUT2D eigenvalue weighted by molar-refractivity contribution is -0.275. The van der Waals surface area contributed by atoms with Crippen molar-refractivity contribution in [3.8, 4) is 23.0 Å². The Hall–Kier alpha value is -5.82. The van der Waals surface area contributed by atoms with Crippen LogP contribution >= 0.6 is 0 Å². The van der Waals surface area contributed by atoms with Gasteiger partial charge in [0, 0.05) is 24.3 Å². The average molecular weight is 1820 g/mol. The minimum Gasteiger partial charge on any atom is -0.432 e. The van der Waals surface area contributed by atoms with E-state index >= 15 is 0 Å². The Morgan fingerprint density at radius 1 is 0.242 bits per heavy atom. The fourth-order valence-electron chi connectivity index (χ4n) is 24.3. The van der Waals surface area contributed by atoms with Crippen molar-refractivity contribution in [3.05, 3.63) is 154 Å². The summed E-state index contributed by atoms with van der Waals surface area (Å²) in [5.74, 6) is -0.918. The first-order valence-electron chi connectivity index (χ1n) is 50.5. The molecule has 0 heterocycles. The Morgan fingerprint density at radius 3 is 0.703 bits per heavy atom. The molecule has 5 aromatic rings. The molecule has 5 aromatic carbocycles. The van der Waals surface area contributed by atoms with Crippen molar-refractivity contribution < 1.29 is 89.2 Å². The van der Waals surface area contributed by atoms with E-state index in [1.54, 1.807) is 5.56 Å². The average Bonchev–Trinajstić information content (AvgIpc) is 0.809. The number of benzene rings is 5. The van der Waals surface area contributed by atoms with Gasteiger partial charge in [0.1, 0.15) is 23.0 Å². The van der Waals surface area contributed by atoms with Crippen LogP contribution in [0.1, 0.15) is 396 Å². The van der Waals surface area contributed by atoms with Gasteiger partial charge in [-0.1, -0.05) is 230 Å². The van der Waals surface area contributed by atoms with Crippen molar-refractivity contribution in [2.75, 3.05) is 0 Å². The molecule has 9 aliphatic rings. The van der Waals surface area contributed by atoms with E-state index in [0.717, 1.165) is 96.0 Å². The molecule has 0 unspecified atom stereocenters. The van der Waals surface area contributed by atoms with Crippen LogP contribution in [0.4, 0.5) is 70.2 Å². The predicted molar refractivity (Wildman–Crippen MR) is 481 cm³/mol. The van der Waals surface area contributed by atoms with E-state index in [2.05, 4.69) is 84.8 Å². The molecule has 0 radical (unpaired) electrons. The van der Waals surface area contributed by atoms with Gasteiger partial charge in [0.15, 0.2) is 34.9 Å². The van der Waals surface area contributed by atoms with Crippen molar-refractivity contribution >= 4 is 0 Å². The number of rotatable bonds is 29. The molecule has 0 bridgehead atoms. The zero-order valence-corrected chi connectivity index (χ0v) is 77.7. The second-order valence-electron chi connectivity index (χ2n) is 40.5. The van der Waals surface area contributed by atoms with E-state index in [1.165, 1.54) is 300 Å². The van der Waals surface area contributed by atoms with Crippen LogP contribution in [0.2, 0.25) is 0 Å². The molecule has 0 aromatic heterocycles. The van der Waals surface area contributed by atoms with Crippen LogP contribution in [0, 0.1) is 131 Å². The SMILES string of the molecule is CCCC1CCC(C2CCC(C(F)(F)Oc3cc(F)c(F)c(F)c3)CC2)CC1.CCCC1CCC(C2CCC(c3ccc(OC(F)(F)F)cc3)CC2)CC1.CCCC1CCC(c2ccc(C)cc2)CC1.CCCCCC1CCC(C2CCC(C(F)(F)Oc3cc(F)c(F)c(F)c3)CC2)CC1.CCCCCC1CCC(C2CCC(c3ccc(OC(F)(F)F)cc3)CC2)CC1. The first-order valence-corrected chi connectivity index (χ1v) is 50.5. The Kier molecular flexibility index (Phi) is 42.0. The van der Waals surface area contributed by atoms with Crippen LogP contribution in [-0.2, 0) is 0 Å². The summed E-state index contributed by atoms with van der Waals surface area (Å²) in [5, 5.41) is 0. The Balaban J connectivity index is 0.000000168. The topological polar surface area (TPSA) is 36.9 Å². The van der Waals surface area contributed by atoms with E-state index in [0.29, 0.717) is 85.5 Å². The molecule has 9 saturated carbocycles. The summed E-state index contributed by atoms with van der Waals surface area (Å²) >= 11 is 0. The molecule has 0 amide bonds. The van der Waals surface area contributed by atoms with Gasteiger partial charge in [0.25, 0.3) is 0 Å². The van der Waals surface area contributed by atoms with Crippen LogP contribution in [0.25, 0.3) is 0 Å². The van der Waals surface area contributed by atoms with Crippen molar-refractivity contribution in [3.63, 3.8) is 0 Å². The van der Waals surface area contributed by atoms with Crippen LogP contribution in [0.15, 0.2) is 97.1 Å². The smallest absolute Gasteiger partial charge is 0.432 e. The molecule has 0 N–H and O–H groups in total. The fourth-order valence-corrected chi connectivity index (χ4v) is 24.3. The summed E-state index contributed by atoms with van der Waals surface area (Å²) < 4.78 is 228. The van der Waals surface area contributed by atoms with Crippen molar-refractivity contribution in [2.24, 2.45) is 88.8 Å². The molecule has 720 valence electrons. The largest absolute Gasteiger partial charge is 0.573 e. The molecule has 20 heteroatoms. The summed E-state index contributed by atoms with van der Waals surface area (Å²) in [6.07, 6.45) is 43.3. The van der Waals surface area contributed by atoms with Crippen molar-refractivity contribution in [1.82, 2.24) is 0 Å². The lowest BCUT2D eigenvalue weighted by Gasteiger charge is -2.39. The highest BCUT2D eigenvalue weighted by atomic mass is 19.4. The first kappa shape index (κ1) is 104. The molecule has 0 atom stereocenters. The van der Waals surface area contributed by atoms with E-state index in [-0.39, 0.29) is 11.5 Å². The monoisotopic (exact) mass is 1820 g/mol. The van der Waals surface area contributed by atoms with Crippen molar-refractivity contribution in [2.45, 2.75) is 405 Å². The lowest BCUT2D eigenvalue weighted by Crippen LogP contribution is -2.38. The van der Waals surface area contributed by atoms with E-state index in [9.17, 15) is 70.2 Å². The maximum absolute atomic E-state index is 14.6. The molecule has 0 spiro atoms. The van der Waals surface area contributed by atoms with Crippen LogP contribution < -0.4 is 18.9 Å². The third-order valence-electron chi connectivity index (χ3n) is 31.8. The van der Waals surface area contributed by atoms with E-state index in [1.807, 2.05) is 24.3 Å². The second-order valence-corrected chi connectivity index (χ2v) is 40.5. The number of alkyl halides is 10. The number of hydrogen-bond acceptors (Lipinski definition) is 4. The predicted octanol–water partition coefficient (Wildman–Crippen LogP) is 36.5. The molecule has 14 rings (SSSR count). The minimum absolute atomic E-state index is 0.124. The molecule has 128 heavy (non-hydrogen) atoms. The quantitative estimate of drug-likeness (QED) is 0.0272. The van der Waals surface area contributed by atoms with Gasteiger partial charge >= 0.3 is 24.9 Å². The zero-order valence-electron chi connectivity index (χ0n) is 77.7. The number of unbranched alkanes of at least 4 members (excludes halogenated alkanes) is 4. The summed E-state index contributed by atoms with van der Waals surface area (Å²) in [6, 6.07) is 24.1. The Bertz CT molecular complexity index is 3840. The maximum atomic E-state index is 14.6. The first-order chi connectivity index (χ1) is 61.3. The van der Waals surface area contributed by atoms with E-state index in [4.69, 9.17) is 0 Å². The lowest BCUT2D eigenvalue weighted by atomic mass is 9.68. The standard InChI is InChI=1S/C24H33F5O.C24H35F3O.C22H29F5O.C22H31F3O.C16H24/c1-2-3-4-5-16-6-8-17(9-7-16)18-10-12-19(13-11-18)24(28,29)30-20-14-21(25)23(27)22(26)15-20;1-2-3-4-5-18-6-8-19(9-7-18)20-10-12-21(13-11-20)22-14-16-23(17-15-22)28-24(25,26)27;1-2-3-14-4-6-15(7-5-14)16-8-10-17(11-9-16)22(26,27)28-18-12-19(23)21(25)20(24)13-18;1-2-3-16-4-6-17(7-5-16)18-8-10-19(11-9-18)20-12-14-21(15-13-20)26-22(23,24)25;1-3-4-14-7-11-16(12-8-14)15-9-5-13(2)6-10-15/h14-19H,2-13H2,1H3;14-21H,2-13H2,1H3;12-17H,2-11H2,1H3;12-19H,2-11H2,1H3;5-6,9-10,14,16H,3-4,7-8,11-12H2,1-2H3. The van der Waals surface area contributed by atoms with Gasteiger partial charge in [0.05, 0.1) is 11.8 Å². The van der Waals surface area contributed by atoms with Crippen LogP contribution in [0.3, 0.4) is 0 Å². The van der Waals surface area contributed by atoms with Gasteiger partial charge in [-0.15, -0.1) is 26.3 Å². The molecule has 0 saturated heterocycles. The molecule has 9 aliphatic carbocycles. The van der Waals surface area contributed by atoms with Crippen LogP contribution in [-0.4, -0.2) is 24.9 Å². The third-order valence-corrected chi connectivity index (χ3v) is 31.8. The number of ether oxygens (including phenoxy) is 4. The van der Waals surface area contributed by atoms with Gasteiger partial charge in [-0.05, 0) is 322 Å². The summed E-state index contributed by atoms with van der Waals surface area (Å²) in [7, 11) is 0. The van der Waals surface area contributed by atoms with Gasteiger partial charge in [-0.2, -0.15) is 17.6 Å². The molecular formula is C108H152F16O4. The van der Waals surface area contributed by atoms with E-state index < -0.39 is 83.2 Å². The van der Waals surface area contributed by atoms with Gasteiger partial charge in [-0.3, -0.25) is 0 Å². The van der Waals surface area contributed by atoms with Crippen molar-refractivity contribution in [1.29, 1.82) is 0 Å². The van der Waals surface area contributed by atoms with Gasteiger partial charge < -0.3 is 18.9 Å². The Labute approximate surface area is 756 Å². The second kappa shape index (κ2) is 51.6. The Morgan fingerprint density at radius 2 is 0.461 bits per heavy atom. The fraction of sp³-hybridized carbons (Fsp3) is 0.722. The number of halogens is 16. The highest BCUT2D eigenvalue weighted by Crippen LogP contribution is 2.52. The summed E-state index contributed by atoms with van der Waals surface area (Å²) in [5.41, 5.74) is 5.27. The zero-order chi connectivity index (χ0) is 92.0. The molecule has 0 aliphatic heterocycles. The molecular weight excluding hydrogens is 1670 g/mol. The highest BCUT2D eigenvalue weighted by Gasteiger charge is 2.48. The molecule has 9 fully saturated rings. The highest BCUT2D eigenvalue weighted by molar-refractivity contribution is 5.32. The van der Waals surface area contributed by atoms with Crippen LogP contribution in [0.5, 0.6) is 23.0 Å². The normalized spacial score (nSPS) is 28.5. The summed E-state index contributed by atoms with van der Waals surface area (Å²) in [4.78, 5) is 0. The third kappa shape index (κ3) is 33.7. The minimum atomic E-state index is -4.62. The van der Waals surface area contributed by atoms with Gasteiger partial charge in [-0.25, -0.2) is 26.3 Å². The summed E-state index contributed by atoms with van der Waals surface area (Å²) in [6.45, 7) is 13.5. The number of aryl methyl sites for hydroxylation is 1. The number of hydrogen-bond donors (Lipinski definition) is 0. The maximum Gasteiger partial charge on any atom is 0.573 e. The molecule has 4 nitrogen and oxygen atoms in total. The van der Waals surface area contributed by atoms with Gasteiger partial charge in [0.2, 0.25) is 0 Å².